The van der Waals surface area contributed by atoms with E-state index in [0.29, 0.717) is 17.3 Å². The molecule has 112 valence electrons. The molecule has 0 amide bonds. The Morgan fingerprint density at radius 3 is 2.59 bits per heavy atom. The van der Waals surface area contributed by atoms with Crippen LogP contribution < -0.4 is 4.72 Å². The predicted octanol–water partition coefficient (Wildman–Crippen LogP) is 2.41. The van der Waals surface area contributed by atoms with Crippen molar-refractivity contribution in [1.29, 1.82) is 0 Å². The summed E-state index contributed by atoms with van der Waals surface area (Å²) in [4.78, 5) is 4.70. The van der Waals surface area contributed by atoms with Crippen molar-refractivity contribution in [1.82, 2.24) is 14.6 Å². The van der Waals surface area contributed by atoms with Crippen LogP contribution in [0.4, 0.5) is 5.69 Å². The molecule has 1 aliphatic rings. The summed E-state index contributed by atoms with van der Waals surface area (Å²) < 4.78 is 29.1. The normalized spacial score (nSPS) is 15.1. The zero-order valence-electron chi connectivity index (χ0n) is 11.7. The fourth-order valence-corrected chi connectivity index (χ4v) is 3.40. The van der Waals surface area contributed by atoms with Crippen LogP contribution in [0.2, 0.25) is 0 Å². The SMILES string of the molecule is O=S(=O)(Nc1cccn2nc(C3CC3)nc12)c1ccccc1. The van der Waals surface area contributed by atoms with Gasteiger partial charge in [-0.25, -0.2) is 17.9 Å². The van der Waals surface area contributed by atoms with E-state index in [-0.39, 0.29) is 4.90 Å². The minimum Gasteiger partial charge on any atom is -0.276 e. The second-order valence-corrected chi connectivity index (χ2v) is 7.04. The number of nitrogens with zero attached hydrogens (tertiary/aromatic N) is 3. The minimum atomic E-state index is -3.63. The number of anilines is 1. The fourth-order valence-electron chi connectivity index (χ4n) is 2.32. The Morgan fingerprint density at radius 1 is 1.09 bits per heavy atom. The molecule has 1 aromatic carbocycles. The van der Waals surface area contributed by atoms with Crippen molar-refractivity contribution in [2.75, 3.05) is 4.72 Å². The van der Waals surface area contributed by atoms with Gasteiger partial charge in [-0.1, -0.05) is 18.2 Å². The summed E-state index contributed by atoms with van der Waals surface area (Å²) in [6, 6.07) is 11.7. The Kier molecular flexibility index (Phi) is 2.90. The highest BCUT2D eigenvalue weighted by Crippen LogP contribution is 2.38. The predicted molar refractivity (Wildman–Crippen MR) is 82.2 cm³/mol. The molecule has 0 spiro atoms. The summed E-state index contributed by atoms with van der Waals surface area (Å²) in [5.41, 5.74) is 0.967. The van der Waals surface area contributed by atoms with Gasteiger partial charge in [-0.15, -0.1) is 0 Å². The Hall–Kier alpha value is -2.41. The molecule has 0 bridgehead atoms. The molecule has 1 aliphatic carbocycles. The Morgan fingerprint density at radius 2 is 1.86 bits per heavy atom. The van der Waals surface area contributed by atoms with E-state index in [1.807, 2.05) is 0 Å². The summed E-state index contributed by atoms with van der Waals surface area (Å²) in [6.45, 7) is 0. The summed E-state index contributed by atoms with van der Waals surface area (Å²) in [6.07, 6.45) is 3.97. The molecular weight excluding hydrogens is 300 g/mol. The van der Waals surface area contributed by atoms with Gasteiger partial charge in [-0.2, -0.15) is 5.10 Å². The zero-order chi connectivity index (χ0) is 15.2. The number of hydrogen-bond donors (Lipinski definition) is 1. The lowest BCUT2D eigenvalue weighted by molar-refractivity contribution is 0.601. The van der Waals surface area contributed by atoms with Crippen molar-refractivity contribution in [3.8, 4) is 0 Å². The van der Waals surface area contributed by atoms with E-state index in [1.54, 1.807) is 53.2 Å². The van der Waals surface area contributed by atoms with Crippen molar-refractivity contribution in [3.63, 3.8) is 0 Å². The number of aromatic nitrogens is 3. The number of rotatable bonds is 4. The Labute approximate surface area is 127 Å². The van der Waals surface area contributed by atoms with Crippen LogP contribution in [0, 0.1) is 0 Å². The van der Waals surface area contributed by atoms with Crippen LogP contribution in [0.5, 0.6) is 0 Å². The van der Waals surface area contributed by atoms with Crippen molar-refractivity contribution in [2.45, 2.75) is 23.7 Å². The number of benzene rings is 1. The van der Waals surface area contributed by atoms with Gasteiger partial charge in [0.1, 0.15) is 0 Å². The standard InChI is InChI=1S/C15H14N4O2S/c20-22(21,12-5-2-1-3-6-12)18-13-7-4-10-19-15(13)16-14(17-19)11-8-9-11/h1-7,10-11,18H,8-9H2. The number of fused-ring (bicyclic) bond motifs is 1. The lowest BCUT2D eigenvalue weighted by atomic mass is 10.4. The van der Waals surface area contributed by atoms with E-state index in [4.69, 9.17) is 0 Å². The fraction of sp³-hybridized carbons (Fsp3) is 0.200. The van der Waals surface area contributed by atoms with E-state index < -0.39 is 10.0 Å². The molecule has 6 nitrogen and oxygen atoms in total. The first-order valence-corrected chi connectivity index (χ1v) is 8.55. The minimum absolute atomic E-state index is 0.221. The van der Waals surface area contributed by atoms with Gasteiger partial charge >= 0.3 is 0 Å². The average Bonchev–Trinajstić information content (AvgIpc) is 3.27. The average molecular weight is 314 g/mol. The lowest BCUT2D eigenvalue weighted by Gasteiger charge is -2.08. The van der Waals surface area contributed by atoms with Crippen molar-refractivity contribution < 1.29 is 8.42 Å². The molecule has 2 heterocycles. The maximum absolute atomic E-state index is 12.4. The number of pyridine rings is 1. The second kappa shape index (κ2) is 4.81. The summed E-state index contributed by atoms with van der Waals surface area (Å²) in [5, 5.41) is 4.41. The number of hydrogen-bond acceptors (Lipinski definition) is 4. The molecular formula is C15H14N4O2S. The highest BCUT2D eigenvalue weighted by Gasteiger charge is 2.28. The second-order valence-electron chi connectivity index (χ2n) is 5.35. The quantitative estimate of drug-likeness (QED) is 0.802. The summed E-state index contributed by atoms with van der Waals surface area (Å²) >= 11 is 0. The maximum atomic E-state index is 12.4. The van der Waals surface area contributed by atoms with Gasteiger partial charge in [-0.3, -0.25) is 4.72 Å². The highest BCUT2D eigenvalue weighted by molar-refractivity contribution is 7.92. The summed E-state index contributed by atoms with van der Waals surface area (Å²) in [5.74, 6) is 1.20. The molecule has 0 radical (unpaired) electrons. The van der Waals surface area contributed by atoms with Crippen LogP contribution in [-0.4, -0.2) is 23.0 Å². The molecule has 7 heteroatoms. The third kappa shape index (κ3) is 2.33. The summed E-state index contributed by atoms with van der Waals surface area (Å²) in [7, 11) is -3.63. The van der Waals surface area contributed by atoms with E-state index >= 15 is 0 Å². The first kappa shape index (κ1) is 13.3. The number of sulfonamides is 1. The van der Waals surface area contributed by atoms with Gasteiger partial charge in [0.25, 0.3) is 10.0 Å². The van der Waals surface area contributed by atoms with Gasteiger partial charge in [0, 0.05) is 12.1 Å². The molecule has 0 aliphatic heterocycles. The van der Waals surface area contributed by atoms with Crippen LogP contribution >= 0.6 is 0 Å². The van der Waals surface area contributed by atoms with Crippen LogP contribution in [-0.2, 0) is 10.0 Å². The monoisotopic (exact) mass is 314 g/mol. The van der Waals surface area contributed by atoms with Gasteiger partial charge in [0.15, 0.2) is 11.5 Å². The van der Waals surface area contributed by atoms with Gasteiger partial charge < -0.3 is 0 Å². The van der Waals surface area contributed by atoms with Crippen molar-refractivity contribution >= 4 is 21.4 Å². The van der Waals surface area contributed by atoms with Gasteiger partial charge in [0.2, 0.25) is 0 Å². The molecule has 1 fully saturated rings. The van der Waals surface area contributed by atoms with Crippen LogP contribution in [0.25, 0.3) is 5.65 Å². The molecule has 1 saturated carbocycles. The lowest BCUT2D eigenvalue weighted by Crippen LogP contribution is -2.13. The Balaban J connectivity index is 1.75. The van der Waals surface area contributed by atoms with Crippen LogP contribution in [0.3, 0.4) is 0 Å². The largest absolute Gasteiger partial charge is 0.276 e. The molecule has 0 unspecified atom stereocenters. The highest BCUT2D eigenvalue weighted by atomic mass is 32.2. The van der Waals surface area contributed by atoms with Crippen LogP contribution in [0.15, 0.2) is 53.6 Å². The van der Waals surface area contributed by atoms with E-state index in [2.05, 4.69) is 14.8 Å². The van der Waals surface area contributed by atoms with Crippen LogP contribution in [0.1, 0.15) is 24.6 Å². The molecule has 1 N–H and O–H groups in total. The van der Waals surface area contributed by atoms with Gasteiger partial charge in [0.05, 0.1) is 10.6 Å². The molecule has 4 rings (SSSR count). The third-order valence-corrected chi connectivity index (χ3v) is 5.00. The van der Waals surface area contributed by atoms with Crippen molar-refractivity contribution in [2.24, 2.45) is 0 Å². The first-order chi connectivity index (χ1) is 10.6. The topological polar surface area (TPSA) is 76.4 Å². The third-order valence-electron chi connectivity index (χ3n) is 3.62. The van der Waals surface area contributed by atoms with E-state index in [1.165, 1.54) is 0 Å². The first-order valence-electron chi connectivity index (χ1n) is 7.07. The van der Waals surface area contributed by atoms with Crippen molar-refractivity contribution in [3.05, 3.63) is 54.5 Å². The maximum Gasteiger partial charge on any atom is 0.262 e. The molecule has 22 heavy (non-hydrogen) atoms. The zero-order valence-corrected chi connectivity index (χ0v) is 12.5. The molecule has 2 aromatic heterocycles. The molecule has 0 saturated heterocycles. The van der Waals surface area contributed by atoms with Gasteiger partial charge in [-0.05, 0) is 37.1 Å². The number of nitrogens with one attached hydrogen (secondary N) is 1. The molecule has 0 atom stereocenters. The molecule has 3 aromatic rings. The van der Waals surface area contributed by atoms with E-state index in [9.17, 15) is 8.42 Å². The van der Waals surface area contributed by atoms with E-state index in [0.717, 1.165) is 18.7 Å². The Bertz CT molecular complexity index is 931. The smallest absolute Gasteiger partial charge is 0.262 e.